The van der Waals surface area contributed by atoms with Gasteiger partial charge in [-0.25, -0.2) is 4.79 Å². The van der Waals surface area contributed by atoms with E-state index in [1.54, 1.807) is 24.3 Å². The predicted molar refractivity (Wildman–Crippen MR) is 116 cm³/mol. The number of anilines is 2. The molecule has 6 N–H and O–H groups in total. The summed E-state index contributed by atoms with van der Waals surface area (Å²) in [5.74, 6) is -0.855. The molecule has 0 fully saturated rings. The lowest BCUT2D eigenvalue weighted by molar-refractivity contribution is 0.0927. The lowest BCUT2D eigenvalue weighted by atomic mass is 9.86. The summed E-state index contributed by atoms with van der Waals surface area (Å²) in [6.07, 6.45) is 2.20. The molecular weight excluding hydrogens is 398 g/mol. The Morgan fingerprint density at radius 3 is 2.52 bits per heavy atom. The molecule has 0 saturated heterocycles. The fourth-order valence-corrected chi connectivity index (χ4v) is 3.81. The molecule has 0 aliphatic heterocycles. The van der Waals surface area contributed by atoms with Crippen LogP contribution in [0.25, 0.3) is 0 Å². The van der Waals surface area contributed by atoms with Crippen molar-refractivity contribution >= 4 is 23.2 Å². The number of aromatic amines is 2. The number of H-pyrrole nitrogens is 2. The SMILES string of the molecule is Nc1c(C(=O)NC2CCCc3c(NC(=O)c4ccccc4)cccc32)[nH]c(=O)[nH]c1=O. The lowest BCUT2D eigenvalue weighted by Crippen LogP contribution is -2.36. The highest BCUT2D eigenvalue weighted by atomic mass is 16.2. The van der Waals surface area contributed by atoms with E-state index in [0.717, 1.165) is 24.0 Å². The fraction of sp³-hybridized carbons (Fsp3) is 0.182. The predicted octanol–water partition coefficient (Wildman–Crippen LogP) is 1.71. The first kappa shape index (κ1) is 20.1. The summed E-state index contributed by atoms with van der Waals surface area (Å²) >= 11 is 0. The lowest BCUT2D eigenvalue weighted by Gasteiger charge is -2.28. The van der Waals surface area contributed by atoms with Crippen molar-refractivity contribution in [2.75, 3.05) is 11.1 Å². The van der Waals surface area contributed by atoms with E-state index in [4.69, 9.17) is 5.73 Å². The number of nitrogen functional groups attached to an aromatic ring is 1. The highest BCUT2D eigenvalue weighted by molar-refractivity contribution is 6.04. The summed E-state index contributed by atoms with van der Waals surface area (Å²) in [6.45, 7) is 0. The Kier molecular flexibility index (Phi) is 5.40. The van der Waals surface area contributed by atoms with Crippen molar-refractivity contribution in [2.45, 2.75) is 25.3 Å². The number of benzene rings is 2. The first-order valence-electron chi connectivity index (χ1n) is 9.85. The van der Waals surface area contributed by atoms with E-state index in [0.29, 0.717) is 17.7 Å². The molecule has 9 nitrogen and oxygen atoms in total. The van der Waals surface area contributed by atoms with Crippen LogP contribution in [-0.4, -0.2) is 21.8 Å². The molecule has 2 aromatic carbocycles. The van der Waals surface area contributed by atoms with Crippen molar-refractivity contribution in [3.63, 3.8) is 0 Å². The summed E-state index contributed by atoms with van der Waals surface area (Å²) in [7, 11) is 0. The minimum atomic E-state index is -0.816. The topological polar surface area (TPSA) is 150 Å². The van der Waals surface area contributed by atoms with Crippen LogP contribution in [0.3, 0.4) is 0 Å². The van der Waals surface area contributed by atoms with Gasteiger partial charge in [0.2, 0.25) is 0 Å². The van der Waals surface area contributed by atoms with Crippen LogP contribution in [0, 0.1) is 0 Å². The van der Waals surface area contributed by atoms with Gasteiger partial charge in [0.1, 0.15) is 11.4 Å². The third kappa shape index (κ3) is 4.11. The standard InChI is InChI=1S/C22H21N5O4/c23-17-18(26-22(31)27-20(17)29)21(30)25-16-11-5-8-13-14(16)9-4-10-15(13)24-19(28)12-6-2-1-3-7-12/h1-4,6-7,9-10,16H,5,8,11,23H2,(H,24,28)(H,25,30)(H2,26,27,29,31). The van der Waals surface area contributed by atoms with Gasteiger partial charge in [0, 0.05) is 11.3 Å². The van der Waals surface area contributed by atoms with Gasteiger partial charge in [-0.3, -0.25) is 19.4 Å². The van der Waals surface area contributed by atoms with Crippen molar-refractivity contribution in [3.05, 3.63) is 91.8 Å². The van der Waals surface area contributed by atoms with Crippen molar-refractivity contribution in [1.82, 2.24) is 15.3 Å². The molecule has 1 aromatic heterocycles. The summed E-state index contributed by atoms with van der Waals surface area (Å²) < 4.78 is 0. The molecule has 1 heterocycles. The van der Waals surface area contributed by atoms with E-state index < -0.39 is 17.2 Å². The van der Waals surface area contributed by atoms with Crippen LogP contribution in [0.4, 0.5) is 11.4 Å². The number of aromatic nitrogens is 2. The van der Waals surface area contributed by atoms with E-state index >= 15 is 0 Å². The zero-order valence-electron chi connectivity index (χ0n) is 16.5. The molecule has 0 saturated carbocycles. The molecule has 9 heteroatoms. The summed E-state index contributed by atoms with van der Waals surface area (Å²) in [4.78, 5) is 52.8. The molecule has 1 aliphatic carbocycles. The van der Waals surface area contributed by atoms with E-state index in [-0.39, 0.29) is 23.3 Å². The number of hydrogen-bond acceptors (Lipinski definition) is 5. The van der Waals surface area contributed by atoms with Gasteiger partial charge in [-0.1, -0.05) is 30.3 Å². The molecule has 0 bridgehead atoms. The van der Waals surface area contributed by atoms with E-state index in [9.17, 15) is 19.2 Å². The van der Waals surface area contributed by atoms with Gasteiger partial charge in [-0.05, 0) is 48.6 Å². The number of rotatable bonds is 4. The van der Waals surface area contributed by atoms with E-state index in [2.05, 4.69) is 15.6 Å². The molecule has 158 valence electrons. The Bertz CT molecular complexity index is 1260. The normalized spacial score (nSPS) is 15.0. The minimum Gasteiger partial charge on any atom is -0.392 e. The van der Waals surface area contributed by atoms with Gasteiger partial charge in [0.15, 0.2) is 0 Å². The van der Waals surface area contributed by atoms with Gasteiger partial charge >= 0.3 is 5.69 Å². The number of nitrogens with two attached hydrogens (primary N) is 1. The number of carbonyl (C=O) groups is 2. The number of nitrogens with one attached hydrogen (secondary N) is 4. The molecule has 3 aromatic rings. The maximum absolute atomic E-state index is 12.7. The third-order valence-electron chi connectivity index (χ3n) is 5.30. The van der Waals surface area contributed by atoms with Gasteiger partial charge in [-0.2, -0.15) is 0 Å². The van der Waals surface area contributed by atoms with Gasteiger partial charge in [0.05, 0.1) is 6.04 Å². The van der Waals surface area contributed by atoms with Crippen LogP contribution < -0.4 is 27.6 Å². The molecule has 4 rings (SSSR count). The minimum absolute atomic E-state index is 0.214. The van der Waals surface area contributed by atoms with Crippen LogP contribution in [-0.2, 0) is 6.42 Å². The van der Waals surface area contributed by atoms with Crippen LogP contribution in [0.1, 0.15) is 50.9 Å². The largest absolute Gasteiger partial charge is 0.392 e. The average molecular weight is 419 g/mol. The second-order valence-electron chi connectivity index (χ2n) is 7.31. The van der Waals surface area contributed by atoms with Crippen LogP contribution in [0.5, 0.6) is 0 Å². The highest BCUT2D eigenvalue weighted by Crippen LogP contribution is 2.34. The van der Waals surface area contributed by atoms with Crippen molar-refractivity contribution in [3.8, 4) is 0 Å². The Balaban J connectivity index is 1.60. The molecule has 1 unspecified atom stereocenters. The Morgan fingerprint density at radius 1 is 0.968 bits per heavy atom. The zero-order valence-corrected chi connectivity index (χ0v) is 16.5. The summed E-state index contributed by atoms with van der Waals surface area (Å²) in [5.41, 5.74) is 6.47. The second kappa shape index (κ2) is 8.31. The molecule has 0 spiro atoms. The Labute approximate surface area is 176 Å². The Hall–Kier alpha value is -4.14. The third-order valence-corrected chi connectivity index (χ3v) is 5.30. The first-order valence-corrected chi connectivity index (χ1v) is 9.85. The van der Waals surface area contributed by atoms with E-state index in [1.165, 1.54) is 0 Å². The number of hydrogen-bond donors (Lipinski definition) is 5. The van der Waals surface area contributed by atoms with E-state index in [1.807, 2.05) is 29.2 Å². The molecule has 31 heavy (non-hydrogen) atoms. The van der Waals surface area contributed by atoms with Gasteiger partial charge < -0.3 is 21.4 Å². The monoisotopic (exact) mass is 419 g/mol. The molecular formula is C22H21N5O4. The first-order chi connectivity index (χ1) is 14.9. The van der Waals surface area contributed by atoms with Gasteiger partial charge in [0.25, 0.3) is 17.4 Å². The molecule has 2 amide bonds. The quantitative estimate of drug-likeness (QED) is 0.436. The molecule has 0 radical (unpaired) electrons. The van der Waals surface area contributed by atoms with Crippen molar-refractivity contribution < 1.29 is 9.59 Å². The second-order valence-corrected chi connectivity index (χ2v) is 7.31. The van der Waals surface area contributed by atoms with Crippen LogP contribution in [0.2, 0.25) is 0 Å². The number of amides is 2. The smallest absolute Gasteiger partial charge is 0.326 e. The molecule has 1 atom stereocenters. The summed E-state index contributed by atoms with van der Waals surface area (Å²) in [6, 6.07) is 14.1. The number of carbonyl (C=O) groups excluding carboxylic acids is 2. The summed E-state index contributed by atoms with van der Waals surface area (Å²) in [5, 5.41) is 5.80. The maximum atomic E-state index is 12.7. The van der Waals surface area contributed by atoms with Crippen molar-refractivity contribution in [2.24, 2.45) is 0 Å². The van der Waals surface area contributed by atoms with Gasteiger partial charge in [-0.15, -0.1) is 0 Å². The highest BCUT2D eigenvalue weighted by Gasteiger charge is 2.26. The zero-order chi connectivity index (χ0) is 22.0. The Morgan fingerprint density at radius 2 is 1.74 bits per heavy atom. The average Bonchev–Trinajstić information content (AvgIpc) is 2.77. The number of fused-ring (bicyclic) bond motifs is 1. The molecule has 1 aliphatic rings. The fourth-order valence-electron chi connectivity index (χ4n) is 3.81. The van der Waals surface area contributed by atoms with Crippen LogP contribution in [0.15, 0.2) is 58.1 Å². The van der Waals surface area contributed by atoms with Crippen LogP contribution >= 0.6 is 0 Å². The van der Waals surface area contributed by atoms with Crippen molar-refractivity contribution in [1.29, 1.82) is 0 Å². The maximum Gasteiger partial charge on any atom is 0.326 e.